The molecule has 0 fully saturated rings. The maximum Gasteiger partial charge on any atom is 0.243 e. The maximum absolute atomic E-state index is 13.7. The highest BCUT2D eigenvalue weighted by molar-refractivity contribution is 9.10. The molecule has 1 N–H and O–H groups in total. The molecule has 0 heterocycles. The van der Waals surface area contributed by atoms with Gasteiger partial charge in [-0.2, -0.15) is 0 Å². The molecule has 196 valence electrons. The van der Waals surface area contributed by atoms with Gasteiger partial charge in [0, 0.05) is 29.7 Å². The molecule has 0 aliphatic rings. The SMILES string of the molecule is CCCCNC(=O)[C@H](Cc1ccccc1)N(Cc1cccc(Br)c1)C(=O)CSCc1ccc(Cl)c(Cl)c1. The first-order chi connectivity index (χ1) is 17.9. The third-order valence-electron chi connectivity index (χ3n) is 5.82. The van der Waals surface area contributed by atoms with Crippen molar-refractivity contribution in [1.29, 1.82) is 0 Å². The molecule has 3 aromatic rings. The summed E-state index contributed by atoms with van der Waals surface area (Å²) in [7, 11) is 0. The summed E-state index contributed by atoms with van der Waals surface area (Å²) in [5.41, 5.74) is 2.95. The number of halogens is 3. The molecule has 0 spiro atoms. The third kappa shape index (κ3) is 9.68. The van der Waals surface area contributed by atoms with Gasteiger partial charge in [-0.25, -0.2) is 0 Å². The highest BCUT2D eigenvalue weighted by Gasteiger charge is 2.30. The lowest BCUT2D eigenvalue weighted by molar-refractivity contribution is -0.139. The van der Waals surface area contributed by atoms with E-state index in [2.05, 4.69) is 28.2 Å². The highest BCUT2D eigenvalue weighted by Crippen LogP contribution is 2.25. The van der Waals surface area contributed by atoms with E-state index >= 15 is 0 Å². The third-order valence-corrected chi connectivity index (χ3v) is 8.04. The fraction of sp³-hybridized carbons (Fsp3) is 0.310. The molecule has 0 aliphatic heterocycles. The summed E-state index contributed by atoms with van der Waals surface area (Å²) in [5, 5.41) is 4.05. The van der Waals surface area contributed by atoms with Crippen LogP contribution in [-0.4, -0.2) is 35.1 Å². The normalized spacial score (nSPS) is 11.7. The standard InChI is InChI=1S/C29H31BrCl2N2O2S/c1-2-3-14-33-29(36)27(17-21-8-5-4-6-9-21)34(18-22-10-7-11-24(30)15-22)28(35)20-37-19-23-12-13-25(31)26(32)16-23/h4-13,15-16,27H,2-3,14,17-20H2,1H3,(H,33,36)/t27-/m0/s1. The van der Waals surface area contributed by atoms with Gasteiger partial charge in [0.2, 0.25) is 11.8 Å². The fourth-order valence-corrected chi connectivity index (χ4v) is 5.49. The first-order valence-corrected chi connectivity index (χ1v) is 14.9. The van der Waals surface area contributed by atoms with Gasteiger partial charge >= 0.3 is 0 Å². The minimum atomic E-state index is -0.628. The number of rotatable bonds is 13. The van der Waals surface area contributed by atoms with E-state index in [1.165, 1.54) is 11.8 Å². The van der Waals surface area contributed by atoms with Crippen LogP contribution >= 0.6 is 50.9 Å². The van der Waals surface area contributed by atoms with E-state index < -0.39 is 6.04 Å². The Morgan fingerprint density at radius 3 is 2.41 bits per heavy atom. The molecule has 3 rings (SSSR count). The van der Waals surface area contributed by atoms with Crippen LogP contribution in [0.25, 0.3) is 0 Å². The number of hydrogen-bond acceptors (Lipinski definition) is 3. The minimum absolute atomic E-state index is 0.0865. The zero-order chi connectivity index (χ0) is 26.6. The Balaban J connectivity index is 1.83. The smallest absolute Gasteiger partial charge is 0.243 e. The number of thioether (sulfide) groups is 1. The predicted molar refractivity (Wildman–Crippen MR) is 159 cm³/mol. The molecular weight excluding hydrogens is 591 g/mol. The molecule has 3 aromatic carbocycles. The predicted octanol–water partition coefficient (Wildman–Crippen LogP) is 7.55. The lowest BCUT2D eigenvalue weighted by Crippen LogP contribution is -2.51. The van der Waals surface area contributed by atoms with Crippen LogP contribution in [0.5, 0.6) is 0 Å². The van der Waals surface area contributed by atoms with Crippen LogP contribution in [0, 0.1) is 0 Å². The quantitative estimate of drug-likeness (QED) is 0.201. The van der Waals surface area contributed by atoms with Crippen molar-refractivity contribution in [1.82, 2.24) is 10.2 Å². The highest BCUT2D eigenvalue weighted by atomic mass is 79.9. The van der Waals surface area contributed by atoms with Gasteiger partial charge in [-0.05, 0) is 47.4 Å². The Labute approximate surface area is 242 Å². The van der Waals surface area contributed by atoms with Crippen molar-refractivity contribution in [2.75, 3.05) is 12.3 Å². The Bertz CT molecular complexity index is 1180. The van der Waals surface area contributed by atoms with Crippen LogP contribution in [0.1, 0.15) is 36.5 Å². The van der Waals surface area contributed by atoms with Crippen LogP contribution in [0.3, 0.4) is 0 Å². The second kappa shape index (κ2) is 15.4. The van der Waals surface area contributed by atoms with Gasteiger partial charge in [0.15, 0.2) is 0 Å². The van der Waals surface area contributed by atoms with Gasteiger partial charge in [0.25, 0.3) is 0 Å². The molecule has 0 aromatic heterocycles. The average Bonchev–Trinajstić information content (AvgIpc) is 2.89. The van der Waals surface area contributed by atoms with E-state index in [9.17, 15) is 9.59 Å². The molecule has 2 amide bonds. The Morgan fingerprint density at radius 2 is 1.70 bits per heavy atom. The summed E-state index contributed by atoms with van der Waals surface area (Å²) in [6.07, 6.45) is 2.31. The van der Waals surface area contributed by atoms with Gasteiger partial charge in [-0.3, -0.25) is 9.59 Å². The molecule has 0 radical (unpaired) electrons. The number of amides is 2. The van der Waals surface area contributed by atoms with Crippen LogP contribution in [-0.2, 0) is 28.3 Å². The van der Waals surface area contributed by atoms with Crippen molar-refractivity contribution in [3.63, 3.8) is 0 Å². The number of nitrogens with one attached hydrogen (secondary N) is 1. The largest absolute Gasteiger partial charge is 0.354 e. The number of benzene rings is 3. The second-order valence-corrected chi connectivity index (χ2v) is 11.5. The average molecular weight is 622 g/mol. The lowest BCUT2D eigenvalue weighted by Gasteiger charge is -2.31. The van der Waals surface area contributed by atoms with Gasteiger partial charge in [0.05, 0.1) is 15.8 Å². The second-order valence-electron chi connectivity index (χ2n) is 8.74. The molecule has 0 unspecified atom stereocenters. The van der Waals surface area contributed by atoms with Crippen LogP contribution < -0.4 is 5.32 Å². The zero-order valence-electron chi connectivity index (χ0n) is 20.8. The van der Waals surface area contributed by atoms with Crippen molar-refractivity contribution in [3.05, 3.63) is 104 Å². The van der Waals surface area contributed by atoms with Gasteiger partial charge < -0.3 is 10.2 Å². The maximum atomic E-state index is 13.7. The lowest BCUT2D eigenvalue weighted by atomic mass is 10.0. The first-order valence-electron chi connectivity index (χ1n) is 12.2. The summed E-state index contributed by atoms with van der Waals surface area (Å²) in [5.74, 6) is 0.632. The van der Waals surface area contributed by atoms with E-state index in [0.717, 1.165) is 34.0 Å². The molecular formula is C29H31BrCl2N2O2S. The molecule has 37 heavy (non-hydrogen) atoms. The van der Waals surface area contributed by atoms with Crippen molar-refractivity contribution >= 4 is 62.7 Å². The number of nitrogens with zero attached hydrogens (tertiary/aromatic N) is 1. The molecule has 0 saturated carbocycles. The fourth-order valence-electron chi connectivity index (χ4n) is 3.86. The summed E-state index contributed by atoms with van der Waals surface area (Å²) in [4.78, 5) is 28.8. The van der Waals surface area contributed by atoms with Gasteiger partial charge in [-0.15, -0.1) is 11.8 Å². The van der Waals surface area contributed by atoms with Crippen LogP contribution in [0.15, 0.2) is 77.3 Å². The van der Waals surface area contributed by atoms with Crippen molar-refractivity contribution in [3.8, 4) is 0 Å². The van der Waals surface area contributed by atoms with Crippen LogP contribution in [0.2, 0.25) is 10.0 Å². The van der Waals surface area contributed by atoms with Gasteiger partial charge in [-0.1, -0.05) is 101 Å². The molecule has 1 atom stereocenters. The van der Waals surface area contributed by atoms with Crippen LogP contribution in [0.4, 0.5) is 0 Å². The topological polar surface area (TPSA) is 49.4 Å². The summed E-state index contributed by atoms with van der Waals surface area (Å²) in [6.45, 7) is 3.01. The number of carbonyl (C=O) groups is 2. The van der Waals surface area contributed by atoms with Crippen molar-refractivity contribution in [2.45, 2.75) is 44.5 Å². The van der Waals surface area contributed by atoms with Crippen molar-refractivity contribution in [2.24, 2.45) is 0 Å². The molecule has 0 bridgehead atoms. The summed E-state index contributed by atoms with van der Waals surface area (Å²) in [6, 6.07) is 22.5. The molecule has 8 heteroatoms. The molecule has 0 aliphatic carbocycles. The Kier molecular flexibility index (Phi) is 12.3. The van der Waals surface area contributed by atoms with Gasteiger partial charge in [0.1, 0.15) is 6.04 Å². The van der Waals surface area contributed by atoms with E-state index in [1.54, 1.807) is 11.0 Å². The molecule has 4 nitrogen and oxygen atoms in total. The van der Waals surface area contributed by atoms with E-state index in [-0.39, 0.29) is 17.6 Å². The number of unbranched alkanes of at least 4 members (excludes halogenated alkanes) is 1. The summed E-state index contributed by atoms with van der Waals surface area (Å²) >= 11 is 17.2. The monoisotopic (exact) mass is 620 g/mol. The van der Waals surface area contributed by atoms with E-state index in [4.69, 9.17) is 23.2 Å². The molecule has 0 saturated heterocycles. The minimum Gasteiger partial charge on any atom is -0.354 e. The Morgan fingerprint density at radius 1 is 0.946 bits per heavy atom. The van der Waals surface area contributed by atoms with E-state index in [0.29, 0.717) is 35.3 Å². The zero-order valence-corrected chi connectivity index (χ0v) is 24.7. The number of hydrogen-bond donors (Lipinski definition) is 1. The Hall–Kier alpha value is -1.99. The summed E-state index contributed by atoms with van der Waals surface area (Å²) < 4.78 is 0.929. The first kappa shape index (κ1) is 29.6. The number of carbonyl (C=O) groups excluding carboxylic acids is 2. The van der Waals surface area contributed by atoms with Crippen molar-refractivity contribution < 1.29 is 9.59 Å². The van der Waals surface area contributed by atoms with E-state index in [1.807, 2.05) is 66.7 Å².